The number of rotatable bonds is 13. The van der Waals surface area contributed by atoms with Gasteiger partial charge >= 0.3 is 11.9 Å². The average molecular weight is 591 g/mol. The van der Waals surface area contributed by atoms with E-state index in [0.29, 0.717) is 22.1 Å². The van der Waals surface area contributed by atoms with Gasteiger partial charge in [-0.1, -0.05) is 18.9 Å². The predicted octanol–water partition coefficient (Wildman–Crippen LogP) is 5.02. The molecular weight excluding hydrogens is 557 g/mol. The Hall–Kier alpha value is -3.69. The topological polar surface area (TPSA) is 104 Å². The molecule has 8 nitrogen and oxygen atoms in total. The third-order valence-electron chi connectivity index (χ3n) is 6.54. The fourth-order valence-electron chi connectivity index (χ4n) is 4.79. The van der Waals surface area contributed by atoms with E-state index in [1.165, 1.54) is 29.5 Å². The van der Waals surface area contributed by atoms with Gasteiger partial charge in [-0.2, -0.15) is 0 Å². The van der Waals surface area contributed by atoms with Crippen molar-refractivity contribution >= 4 is 29.1 Å². The van der Waals surface area contributed by atoms with Crippen LogP contribution in [-0.2, 0) is 14.3 Å². The van der Waals surface area contributed by atoms with Gasteiger partial charge in [0.15, 0.2) is 10.8 Å². The number of carbonyl (C=O) groups is 2. The number of alkyl halides is 2. The molecule has 1 aliphatic rings. The molecule has 1 aromatic heterocycles. The molecule has 2 aromatic rings. The zero-order valence-corrected chi connectivity index (χ0v) is 24.1. The number of ether oxygens (including phenoxy) is 1. The van der Waals surface area contributed by atoms with Gasteiger partial charge in [-0.25, -0.2) is 22.9 Å². The molecule has 0 amide bonds. The van der Waals surface area contributed by atoms with E-state index >= 15 is 0 Å². The Labute approximate surface area is 241 Å². The number of nitrogens with one attached hydrogen (secondary N) is 1. The van der Waals surface area contributed by atoms with Crippen LogP contribution in [0, 0.1) is 24.1 Å². The van der Waals surface area contributed by atoms with Crippen LogP contribution < -0.4 is 5.32 Å². The van der Waals surface area contributed by atoms with Gasteiger partial charge in [-0.3, -0.25) is 14.7 Å². The molecule has 1 aliphatic heterocycles. The summed E-state index contributed by atoms with van der Waals surface area (Å²) >= 11 is 1.30. The number of likely N-dealkylation sites (N-methyl/N-ethyl adjacent to an activating group) is 1. The van der Waals surface area contributed by atoms with Crippen molar-refractivity contribution in [2.45, 2.75) is 58.0 Å². The standard InChI is InChI=1S/C29H33F3N4O4S/c1-6-18-14-19(30)8-9-21(18)25-24(28(39)40-7-2)22(34-26(35-25)27-33-10-11-41-27)16-36(5)20(15-29(4,31)32)12-17(3)13-23(37)38/h1,8-11,14,17,20,25H,7,12-13,15-16H2,2-5H3,(H,34,35)(H,37,38). The van der Waals surface area contributed by atoms with Gasteiger partial charge in [0, 0.05) is 48.3 Å². The molecule has 12 heteroatoms. The number of aliphatic carboxylic acids is 1. The summed E-state index contributed by atoms with van der Waals surface area (Å²) < 4.78 is 48.0. The van der Waals surface area contributed by atoms with E-state index < -0.39 is 42.2 Å². The molecule has 0 saturated carbocycles. The predicted molar refractivity (Wildman–Crippen MR) is 150 cm³/mol. The summed E-state index contributed by atoms with van der Waals surface area (Å²) in [5.74, 6) is -2.89. The molecular formula is C29H33F3N4O4S. The van der Waals surface area contributed by atoms with E-state index in [-0.39, 0.29) is 43.0 Å². The smallest absolute Gasteiger partial charge is 0.338 e. The molecule has 0 spiro atoms. The van der Waals surface area contributed by atoms with Crippen molar-refractivity contribution in [2.24, 2.45) is 10.9 Å². The molecule has 3 unspecified atom stereocenters. The van der Waals surface area contributed by atoms with Crippen molar-refractivity contribution in [3.8, 4) is 12.3 Å². The lowest BCUT2D eigenvalue weighted by atomic mass is 9.91. The van der Waals surface area contributed by atoms with Crippen molar-refractivity contribution in [2.75, 3.05) is 20.2 Å². The van der Waals surface area contributed by atoms with Crippen molar-refractivity contribution in [1.82, 2.24) is 15.2 Å². The maximum absolute atomic E-state index is 14.3. The number of carbonyl (C=O) groups excluding carboxylic acids is 1. The van der Waals surface area contributed by atoms with Gasteiger partial charge in [-0.05, 0) is 50.9 Å². The van der Waals surface area contributed by atoms with Crippen LogP contribution in [-0.4, -0.2) is 64.9 Å². The quantitative estimate of drug-likeness (QED) is 0.250. The Morgan fingerprint density at radius 2 is 2.10 bits per heavy atom. The molecule has 2 N–H and O–H groups in total. The molecule has 0 bridgehead atoms. The number of amidine groups is 1. The van der Waals surface area contributed by atoms with Crippen LogP contribution in [0.4, 0.5) is 13.2 Å². The van der Waals surface area contributed by atoms with Crippen molar-refractivity contribution in [3.63, 3.8) is 0 Å². The summed E-state index contributed by atoms with van der Waals surface area (Å²) in [4.78, 5) is 35.4. The number of carboxylic acid groups (broad SMARTS) is 1. The largest absolute Gasteiger partial charge is 0.481 e. The Balaban J connectivity index is 2.13. The van der Waals surface area contributed by atoms with Crippen molar-refractivity contribution < 1.29 is 32.6 Å². The van der Waals surface area contributed by atoms with Gasteiger partial charge in [0.05, 0.1) is 12.2 Å². The number of aliphatic imine (C=N–C) groups is 1. The van der Waals surface area contributed by atoms with Crippen LogP contribution >= 0.6 is 11.3 Å². The average Bonchev–Trinajstić information content (AvgIpc) is 3.42. The van der Waals surface area contributed by atoms with E-state index in [9.17, 15) is 27.9 Å². The van der Waals surface area contributed by atoms with Gasteiger partial charge < -0.3 is 15.2 Å². The lowest BCUT2D eigenvalue weighted by molar-refractivity contribution is -0.139. The Kier molecular flexibility index (Phi) is 10.7. The monoisotopic (exact) mass is 590 g/mol. The summed E-state index contributed by atoms with van der Waals surface area (Å²) in [6.07, 6.45) is 6.77. The molecule has 0 fully saturated rings. The minimum atomic E-state index is -3.02. The Morgan fingerprint density at radius 3 is 2.68 bits per heavy atom. The lowest BCUT2D eigenvalue weighted by Gasteiger charge is -2.35. The van der Waals surface area contributed by atoms with Gasteiger partial charge in [0.25, 0.3) is 0 Å². The molecule has 41 heavy (non-hydrogen) atoms. The summed E-state index contributed by atoms with van der Waals surface area (Å²) in [6.45, 7) is 4.21. The number of terminal acetylenes is 1. The highest BCUT2D eigenvalue weighted by Gasteiger charge is 2.36. The number of aromatic nitrogens is 1. The summed E-state index contributed by atoms with van der Waals surface area (Å²) in [5.41, 5.74) is 1.01. The molecule has 0 radical (unpaired) electrons. The highest BCUT2D eigenvalue weighted by Crippen LogP contribution is 2.36. The van der Waals surface area contributed by atoms with Crippen LogP contribution in [0.3, 0.4) is 0 Å². The highest BCUT2D eigenvalue weighted by atomic mass is 32.1. The molecule has 0 saturated heterocycles. The van der Waals surface area contributed by atoms with Crippen LogP contribution in [0.2, 0.25) is 0 Å². The maximum atomic E-state index is 14.3. The van der Waals surface area contributed by atoms with E-state index in [0.717, 1.165) is 6.92 Å². The van der Waals surface area contributed by atoms with Crippen molar-refractivity contribution in [1.29, 1.82) is 0 Å². The normalized spacial score (nSPS) is 17.0. The molecule has 1 aromatic carbocycles. The van der Waals surface area contributed by atoms with Gasteiger partial charge in [0.1, 0.15) is 11.9 Å². The third-order valence-corrected chi connectivity index (χ3v) is 7.32. The number of benzene rings is 1. The molecule has 220 valence electrons. The SMILES string of the molecule is C#Cc1cc(F)ccc1C1N=C(c2nccs2)NC(CN(C)C(CC(C)CC(=O)O)CC(C)(F)F)=C1C(=O)OCC. The van der Waals surface area contributed by atoms with Gasteiger partial charge in [-0.15, -0.1) is 17.8 Å². The molecule has 3 rings (SSSR count). The van der Waals surface area contributed by atoms with E-state index in [2.05, 4.69) is 16.2 Å². The van der Waals surface area contributed by atoms with Crippen LogP contribution in [0.25, 0.3) is 0 Å². The second kappa shape index (κ2) is 13.8. The first-order chi connectivity index (χ1) is 19.3. The van der Waals surface area contributed by atoms with Gasteiger partial charge in [0.2, 0.25) is 5.92 Å². The fraction of sp³-hybridized carbons (Fsp3) is 0.448. The third kappa shape index (κ3) is 8.65. The highest BCUT2D eigenvalue weighted by molar-refractivity contribution is 7.11. The Bertz CT molecular complexity index is 1350. The van der Waals surface area contributed by atoms with E-state index in [1.54, 1.807) is 37.4 Å². The van der Waals surface area contributed by atoms with Crippen LogP contribution in [0.1, 0.15) is 62.2 Å². The number of halogens is 3. The summed E-state index contributed by atoms with van der Waals surface area (Å²) in [6, 6.07) is 2.12. The molecule has 2 heterocycles. The van der Waals surface area contributed by atoms with E-state index in [1.807, 2.05) is 0 Å². The number of carboxylic acids is 1. The number of thiazole rings is 1. The lowest BCUT2D eigenvalue weighted by Crippen LogP contribution is -2.43. The second-order valence-electron chi connectivity index (χ2n) is 10.1. The zero-order valence-electron chi connectivity index (χ0n) is 23.3. The van der Waals surface area contributed by atoms with Crippen molar-refractivity contribution in [3.05, 3.63) is 63.0 Å². The van der Waals surface area contributed by atoms with Crippen LogP contribution in [0.15, 0.2) is 46.0 Å². The maximum Gasteiger partial charge on any atom is 0.338 e. The minimum absolute atomic E-state index is 0.0117. The minimum Gasteiger partial charge on any atom is -0.481 e. The molecule has 3 atom stereocenters. The first-order valence-electron chi connectivity index (χ1n) is 13.0. The Morgan fingerprint density at radius 1 is 1.37 bits per heavy atom. The second-order valence-corrected chi connectivity index (χ2v) is 11.0. The fourth-order valence-corrected chi connectivity index (χ4v) is 5.38. The summed E-state index contributed by atoms with van der Waals surface area (Å²) in [5, 5.41) is 14.6. The number of nitrogens with zero attached hydrogens (tertiary/aromatic N) is 3. The first kappa shape index (κ1) is 31.8. The van der Waals surface area contributed by atoms with Crippen LogP contribution in [0.5, 0.6) is 0 Å². The number of hydrogen-bond acceptors (Lipinski definition) is 8. The molecule has 0 aliphatic carbocycles. The first-order valence-corrected chi connectivity index (χ1v) is 13.9. The number of hydrogen-bond donors (Lipinski definition) is 2. The van der Waals surface area contributed by atoms with E-state index in [4.69, 9.17) is 16.2 Å². The summed E-state index contributed by atoms with van der Waals surface area (Å²) in [7, 11) is 1.63. The zero-order chi connectivity index (χ0) is 30.3. The number of esters is 1.